The third-order valence-corrected chi connectivity index (χ3v) is 31.1. The Morgan fingerprint density at radius 1 is 0.717 bits per heavy atom. The molecule has 3 fully saturated rings. The van der Waals surface area contributed by atoms with Gasteiger partial charge in [0.2, 0.25) is 4.77 Å². The minimum absolute atomic E-state index is 0.0000309. The van der Waals surface area contributed by atoms with E-state index in [0.29, 0.717) is 23.4 Å². The minimum atomic E-state index is -5.27. The second-order valence-electron chi connectivity index (χ2n) is 13.4. The summed E-state index contributed by atoms with van der Waals surface area (Å²) in [6.45, 7) is 14.8. The van der Waals surface area contributed by atoms with Crippen LogP contribution >= 0.6 is 12.2 Å². The van der Waals surface area contributed by atoms with E-state index in [2.05, 4.69) is 15.2 Å². The first kappa shape index (κ1) is 45.8. The van der Waals surface area contributed by atoms with Gasteiger partial charge < -0.3 is 83.4 Å². The second-order valence-corrected chi connectivity index (χ2v) is 31.2. The van der Waals surface area contributed by atoms with Gasteiger partial charge in [0, 0.05) is 57.1 Å². The van der Waals surface area contributed by atoms with Crippen molar-refractivity contribution in [3.05, 3.63) is 10.6 Å². The number of aromatic amines is 2. The van der Waals surface area contributed by atoms with Gasteiger partial charge in [-0.25, -0.2) is 4.98 Å². The van der Waals surface area contributed by atoms with Gasteiger partial charge in [-0.3, -0.25) is 10.2 Å². The Bertz CT molecular complexity index is 1320. The lowest BCUT2D eigenvalue weighted by Gasteiger charge is -2.54. The summed E-state index contributed by atoms with van der Waals surface area (Å²) in [6, 6.07) is -0.0399. The monoisotopic (exact) mass is 903 g/mol. The molecule has 3 aliphatic rings. The van der Waals surface area contributed by atoms with Crippen LogP contribution in [0.3, 0.4) is 0 Å². The van der Waals surface area contributed by atoms with Crippen LogP contribution in [0.15, 0.2) is 0 Å². The first-order chi connectivity index (χ1) is 24.5. The molecule has 0 amide bonds. The van der Waals surface area contributed by atoms with Crippen molar-refractivity contribution in [2.45, 2.75) is 118 Å². The maximum atomic E-state index is 11.6. The summed E-state index contributed by atoms with van der Waals surface area (Å²) in [5.41, 5.74) is 0. The molecular weight excluding hydrogens is 851 g/mol. The van der Waals surface area contributed by atoms with Gasteiger partial charge in [-0.05, 0) is 80.4 Å². The molecule has 22 nitrogen and oxygen atoms in total. The highest BCUT2D eigenvalue weighted by atomic mass is 32.1. The van der Waals surface area contributed by atoms with Crippen molar-refractivity contribution >= 4 is 75.1 Å². The number of hydrogen-bond acceptors (Lipinski definition) is 21. The smallest absolute Gasteiger partial charge is 0.391 e. The summed E-state index contributed by atoms with van der Waals surface area (Å²) < 4.78 is 91.4. The second kappa shape index (κ2) is 17.9. The lowest BCUT2D eigenvalue weighted by molar-refractivity contribution is -0.123. The molecular formula is C23H53N3O19SSi7. The van der Waals surface area contributed by atoms with Crippen LogP contribution in [0.4, 0.5) is 0 Å². The van der Waals surface area contributed by atoms with E-state index in [1.54, 1.807) is 55.4 Å². The molecule has 4 heterocycles. The fraction of sp³-hybridized carbons (Fsp3) is 0.913. The highest BCUT2D eigenvalue weighted by Crippen LogP contribution is 2.45. The third kappa shape index (κ3) is 13.1. The molecule has 3 aliphatic heterocycles. The molecule has 0 radical (unpaired) electrons. The molecule has 2 spiro atoms. The van der Waals surface area contributed by atoms with Crippen LogP contribution in [0.1, 0.15) is 74.1 Å². The molecule has 1 aromatic rings. The molecule has 0 aliphatic carbocycles. The van der Waals surface area contributed by atoms with Crippen molar-refractivity contribution in [2.24, 2.45) is 0 Å². The van der Waals surface area contributed by atoms with Crippen molar-refractivity contribution in [3.8, 4) is 0 Å². The van der Waals surface area contributed by atoms with Crippen LogP contribution in [0.2, 0.25) is 12.6 Å². The Labute approximate surface area is 321 Å². The zero-order chi connectivity index (χ0) is 39.5. The molecule has 4 rings (SSSR count). The quantitative estimate of drug-likeness (QED) is 0.0660. The van der Waals surface area contributed by atoms with E-state index in [1.807, 2.05) is 0 Å². The van der Waals surface area contributed by atoms with Crippen LogP contribution in [-0.4, -0.2) is 148 Å². The molecule has 5 atom stereocenters. The first-order valence-electron chi connectivity index (χ1n) is 17.1. The molecule has 308 valence electrons. The summed E-state index contributed by atoms with van der Waals surface area (Å²) >= 11 is 4.96. The number of aryl methyl sites for hydroxylation is 1. The fourth-order valence-electron chi connectivity index (χ4n) is 5.09. The number of ether oxygens (including phenoxy) is 1. The SMILES string of the molecule is CO[Si]1(CCCOCC(O)CCc2nc(=S)[nH][nH]2)O[Si]2(O[Si](C)(O)O[Si](OC(C)C)(OC(C)C)O2)O[Si]2(O[Si](O)(O)O[Si](OC(C)C)(OC(C)C)O2)O1. The van der Waals surface area contributed by atoms with Crippen LogP contribution in [0.5, 0.6) is 0 Å². The van der Waals surface area contributed by atoms with Gasteiger partial charge in [0.25, 0.3) is 0 Å². The maximum Gasteiger partial charge on any atom is 0.668 e. The molecule has 53 heavy (non-hydrogen) atoms. The summed E-state index contributed by atoms with van der Waals surface area (Å²) in [5.74, 6) is 0.608. The van der Waals surface area contributed by atoms with E-state index in [1.165, 1.54) is 13.7 Å². The van der Waals surface area contributed by atoms with Crippen molar-refractivity contribution in [1.29, 1.82) is 0 Å². The molecule has 1 aromatic heterocycles. The standard InChI is InChI=1S/C23H53N3O19SSi7/c1-17(2)33-50(34-18(3)4)37-47(10,28)38-52(43-50)39-48(31-9,15-11-14-32-16-21(27)12-13-22-24-23(46)26-25-22)40-53(45-52)42-49(29,30)41-51(44-53,35-19(5)6)36-20(7)8/h17-21,27-30H,11-16H2,1-10H3,(H2,24,25,26,46). The van der Waals surface area contributed by atoms with Gasteiger partial charge in [-0.15, -0.1) is 0 Å². The van der Waals surface area contributed by atoms with Crippen molar-refractivity contribution < 1.29 is 83.4 Å². The van der Waals surface area contributed by atoms with Gasteiger partial charge >= 0.3 is 62.8 Å². The number of H-pyrrole nitrogens is 2. The molecule has 0 bridgehead atoms. The van der Waals surface area contributed by atoms with Gasteiger partial charge in [0.15, 0.2) is 0 Å². The predicted molar refractivity (Wildman–Crippen MR) is 193 cm³/mol. The Kier molecular flexibility index (Phi) is 15.5. The number of nitrogens with one attached hydrogen (secondary N) is 2. The lowest BCUT2D eigenvalue weighted by Crippen LogP contribution is -2.86. The molecule has 0 aromatic carbocycles. The number of aliphatic hydroxyl groups excluding tert-OH is 1. The topological polar surface area (TPSA) is 264 Å². The van der Waals surface area contributed by atoms with Gasteiger partial charge in [0.1, 0.15) is 5.82 Å². The van der Waals surface area contributed by atoms with E-state index < -0.39 is 93.4 Å². The Morgan fingerprint density at radius 2 is 1.25 bits per heavy atom. The summed E-state index contributed by atoms with van der Waals surface area (Å²) in [4.78, 5) is 38.0. The summed E-state index contributed by atoms with van der Waals surface area (Å²) in [6.07, 6.45) is -2.12. The average Bonchev–Trinajstić information content (AvgIpc) is 3.36. The van der Waals surface area contributed by atoms with Crippen LogP contribution < -0.4 is 0 Å². The predicted octanol–water partition coefficient (Wildman–Crippen LogP) is 0.367. The number of rotatable bonds is 18. The van der Waals surface area contributed by atoms with Crippen LogP contribution in [0.25, 0.3) is 0 Å². The van der Waals surface area contributed by atoms with Gasteiger partial charge in [-0.2, -0.15) is 0 Å². The van der Waals surface area contributed by atoms with Crippen LogP contribution in [-0.2, 0) is 70.3 Å². The van der Waals surface area contributed by atoms with E-state index in [0.717, 1.165) is 0 Å². The van der Waals surface area contributed by atoms with Crippen molar-refractivity contribution in [3.63, 3.8) is 0 Å². The molecule has 3 saturated heterocycles. The van der Waals surface area contributed by atoms with E-state index in [4.69, 9.17) is 76.1 Å². The number of nitrogens with zero attached hydrogens (tertiary/aromatic N) is 1. The molecule has 5 unspecified atom stereocenters. The Balaban J connectivity index is 1.68. The van der Waals surface area contributed by atoms with E-state index in [-0.39, 0.29) is 25.7 Å². The number of aromatic nitrogens is 3. The lowest BCUT2D eigenvalue weighted by atomic mass is 10.2. The highest BCUT2D eigenvalue weighted by Gasteiger charge is 2.84. The summed E-state index contributed by atoms with van der Waals surface area (Å²) in [7, 11) is -31.6. The molecule has 30 heteroatoms. The van der Waals surface area contributed by atoms with Crippen molar-refractivity contribution in [1.82, 2.24) is 15.2 Å². The molecule has 6 N–H and O–H groups in total. The zero-order valence-electron chi connectivity index (χ0n) is 31.4. The average molecular weight is 904 g/mol. The van der Waals surface area contributed by atoms with Crippen molar-refractivity contribution in [2.75, 3.05) is 20.3 Å². The zero-order valence-corrected chi connectivity index (χ0v) is 39.2. The first-order valence-corrected chi connectivity index (χ1v) is 29.9. The van der Waals surface area contributed by atoms with Gasteiger partial charge in [0.05, 0.1) is 12.7 Å². The summed E-state index contributed by atoms with van der Waals surface area (Å²) in [5, 5.41) is 16.0. The number of aliphatic hydroxyl groups is 1. The maximum absolute atomic E-state index is 11.6. The highest BCUT2D eigenvalue weighted by molar-refractivity contribution is 7.71. The fourth-order valence-corrected chi connectivity index (χ4v) is 33.7. The minimum Gasteiger partial charge on any atom is -0.391 e. The molecule has 0 saturated carbocycles. The third-order valence-electron chi connectivity index (χ3n) is 6.63. The Hall–Kier alpha value is 0.118. The normalized spacial score (nSPS) is 31.7. The van der Waals surface area contributed by atoms with E-state index in [9.17, 15) is 19.5 Å². The Morgan fingerprint density at radius 3 is 1.74 bits per heavy atom. The number of hydrogen-bond donors (Lipinski definition) is 6. The van der Waals surface area contributed by atoms with Gasteiger partial charge in [-0.1, -0.05) is 0 Å². The largest absolute Gasteiger partial charge is 0.668 e. The van der Waals surface area contributed by atoms with Crippen LogP contribution in [0, 0.1) is 4.77 Å². The van der Waals surface area contributed by atoms with E-state index >= 15 is 0 Å².